The molecule has 1 aliphatic heterocycles. The number of halogens is 2. The van der Waals surface area contributed by atoms with Crippen molar-refractivity contribution in [2.24, 2.45) is 5.73 Å². The monoisotopic (exact) mass is 311 g/mol. The fourth-order valence-electron chi connectivity index (χ4n) is 2.84. The molecule has 2 unspecified atom stereocenters. The van der Waals surface area contributed by atoms with Gasteiger partial charge in [-0.3, -0.25) is 14.5 Å². The molecule has 1 aromatic rings. The molecule has 0 spiro atoms. The summed E-state index contributed by atoms with van der Waals surface area (Å²) in [5, 5.41) is 0. The smallest absolute Gasteiger partial charge is 0.245 e. The highest BCUT2D eigenvalue weighted by Crippen LogP contribution is 2.28. The average molecular weight is 311 g/mol. The molecule has 120 valence electrons. The number of hydrogen-bond acceptors (Lipinski definition) is 3. The summed E-state index contributed by atoms with van der Waals surface area (Å²) in [5.41, 5.74) is 5.40. The van der Waals surface area contributed by atoms with E-state index in [1.807, 2.05) is 0 Å². The molecule has 1 heterocycles. The minimum Gasteiger partial charge on any atom is -0.368 e. The van der Waals surface area contributed by atoms with Gasteiger partial charge in [0.25, 0.3) is 0 Å². The van der Waals surface area contributed by atoms with E-state index in [9.17, 15) is 18.4 Å². The lowest BCUT2D eigenvalue weighted by atomic mass is 10.0. The fraction of sp³-hybridized carbons (Fsp3) is 0.467. The van der Waals surface area contributed by atoms with E-state index < -0.39 is 35.5 Å². The van der Waals surface area contributed by atoms with Crippen LogP contribution in [0.2, 0.25) is 0 Å². The molecule has 7 heteroatoms. The Balaban J connectivity index is 2.35. The highest BCUT2D eigenvalue weighted by molar-refractivity contribution is 5.90. The standard InChI is InChI=1S/C15H19F2N3O2/c1-19(2)13(10-6-5-9(16)8-11(10)17)15(22)20-7-3-4-12(20)14(18)21/h5-6,8,12-13H,3-4,7H2,1-2H3,(H2,18,21). The molecule has 0 saturated carbocycles. The molecule has 5 nitrogen and oxygen atoms in total. The Bertz CT molecular complexity index is 592. The van der Waals surface area contributed by atoms with Crippen LogP contribution in [0.3, 0.4) is 0 Å². The van der Waals surface area contributed by atoms with Crippen molar-refractivity contribution in [1.82, 2.24) is 9.80 Å². The van der Waals surface area contributed by atoms with Crippen molar-refractivity contribution in [2.45, 2.75) is 24.9 Å². The van der Waals surface area contributed by atoms with Crippen LogP contribution in [0.1, 0.15) is 24.4 Å². The van der Waals surface area contributed by atoms with Gasteiger partial charge < -0.3 is 10.6 Å². The number of likely N-dealkylation sites (N-methyl/N-ethyl adjacent to an activating group) is 1. The first-order chi connectivity index (χ1) is 10.3. The Morgan fingerprint density at radius 1 is 1.36 bits per heavy atom. The molecule has 2 rings (SSSR count). The maximum Gasteiger partial charge on any atom is 0.245 e. The van der Waals surface area contributed by atoms with Gasteiger partial charge in [0.2, 0.25) is 11.8 Å². The SMILES string of the molecule is CN(C)C(C(=O)N1CCCC1C(N)=O)c1ccc(F)cc1F. The molecule has 1 fully saturated rings. The first-order valence-electron chi connectivity index (χ1n) is 7.04. The van der Waals surface area contributed by atoms with Gasteiger partial charge in [-0.1, -0.05) is 6.07 Å². The molecular weight excluding hydrogens is 292 g/mol. The zero-order chi connectivity index (χ0) is 16.4. The minimum atomic E-state index is -0.930. The lowest BCUT2D eigenvalue weighted by molar-refractivity contribution is -0.141. The molecule has 1 aromatic carbocycles. The predicted molar refractivity (Wildman–Crippen MR) is 76.7 cm³/mol. The average Bonchev–Trinajstić information content (AvgIpc) is 2.90. The predicted octanol–water partition coefficient (Wildman–Crippen LogP) is 1.04. The molecular formula is C15H19F2N3O2. The largest absolute Gasteiger partial charge is 0.368 e. The van der Waals surface area contributed by atoms with Gasteiger partial charge in [-0.2, -0.15) is 0 Å². The zero-order valence-electron chi connectivity index (χ0n) is 12.6. The van der Waals surface area contributed by atoms with Crippen LogP contribution >= 0.6 is 0 Å². The number of benzene rings is 1. The number of amides is 2. The van der Waals surface area contributed by atoms with Gasteiger partial charge in [0.05, 0.1) is 0 Å². The molecule has 2 atom stereocenters. The number of rotatable bonds is 4. The Morgan fingerprint density at radius 3 is 2.59 bits per heavy atom. The molecule has 0 aromatic heterocycles. The van der Waals surface area contributed by atoms with E-state index >= 15 is 0 Å². The second-order valence-electron chi connectivity index (χ2n) is 5.62. The fourth-order valence-corrected chi connectivity index (χ4v) is 2.84. The summed E-state index contributed by atoms with van der Waals surface area (Å²) in [5.74, 6) is -2.47. The van der Waals surface area contributed by atoms with Gasteiger partial charge in [-0.15, -0.1) is 0 Å². The van der Waals surface area contributed by atoms with Crippen LogP contribution in [0.25, 0.3) is 0 Å². The van der Waals surface area contributed by atoms with Crippen molar-refractivity contribution < 1.29 is 18.4 Å². The number of nitrogens with zero attached hydrogens (tertiary/aromatic N) is 2. The molecule has 0 radical (unpaired) electrons. The van der Waals surface area contributed by atoms with Crippen LogP contribution < -0.4 is 5.73 Å². The maximum absolute atomic E-state index is 14.0. The quantitative estimate of drug-likeness (QED) is 0.903. The summed E-state index contributed by atoms with van der Waals surface area (Å²) in [7, 11) is 3.25. The van der Waals surface area contributed by atoms with Crippen molar-refractivity contribution in [3.8, 4) is 0 Å². The summed E-state index contributed by atoms with van der Waals surface area (Å²) in [6.45, 7) is 0.402. The van der Waals surface area contributed by atoms with Crippen molar-refractivity contribution in [1.29, 1.82) is 0 Å². The van der Waals surface area contributed by atoms with Crippen molar-refractivity contribution >= 4 is 11.8 Å². The molecule has 2 amide bonds. The Hall–Kier alpha value is -2.02. The van der Waals surface area contributed by atoms with Gasteiger partial charge in [0.1, 0.15) is 23.7 Å². The van der Waals surface area contributed by atoms with Crippen LogP contribution in [0.15, 0.2) is 18.2 Å². The van der Waals surface area contributed by atoms with Crippen molar-refractivity contribution in [3.05, 3.63) is 35.4 Å². The second kappa shape index (κ2) is 6.39. The number of carbonyl (C=O) groups excluding carboxylic acids is 2. The van der Waals surface area contributed by atoms with Crippen LogP contribution in [-0.4, -0.2) is 48.3 Å². The highest BCUT2D eigenvalue weighted by atomic mass is 19.1. The summed E-state index contributed by atoms with van der Waals surface area (Å²) < 4.78 is 27.1. The van der Waals surface area contributed by atoms with E-state index in [4.69, 9.17) is 5.73 Å². The third-order valence-electron chi connectivity index (χ3n) is 3.87. The zero-order valence-corrected chi connectivity index (χ0v) is 12.6. The van der Waals surface area contributed by atoms with Crippen LogP contribution in [-0.2, 0) is 9.59 Å². The molecule has 2 N–H and O–H groups in total. The number of primary amides is 1. The Morgan fingerprint density at radius 2 is 2.05 bits per heavy atom. The lowest BCUT2D eigenvalue weighted by Gasteiger charge is -2.31. The molecule has 1 saturated heterocycles. The van der Waals surface area contributed by atoms with E-state index in [2.05, 4.69) is 0 Å². The molecule has 1 aliphatic rings. The van der Waals surface area contributed by atoms with Gasteiger partial charge in [0.15, 0.2) is 0 Å². The normalized spacial score (nSPS) is 19.5. The third kappa shape index (κ3) is 3.09. The van der Waals surface area contributed by atoms with E-state index in [1.165, 1.54) is 15.9 Å². The van der Waals surface area contributed by atoms with Crippen LogP contribution in [0, 0.1) is 11.6 Å². The number of carbonyl (C=O) groups is 2. The van der Waals surface area contributed by atoms with Gasteiger partial charge in [-0.25, -0.2) is 8.78 Å². The summed E-state index contributed by atoms with van der Waals surface area (Å²) >= 11 is 0. The molecule has 0 bridgehead atoms. The van der Waals surface area contributed by atoms with Crippen LogP contribution in [0.4, 0.5) is 8.78 Å². The Kier molecular flexibility index (Phi) is 4.75. The maximum atomic E-state index is 14.0. The van der Waals surface area contributed by atoms with Gasteiger partial charge in [-0.05, 0) is 33.0 Å². The van der Waals surface area contributed by atoms with Gasteiger partial charge >= 0.3 is 0 Å². The summed E-state index contributed by atoms with van der Waals surface area (Å²) in [4.78, 5) is 27.1. The minimum absolute atomic E-state index is 0.0755. The van der Waals surface area contributed by atoms with Crippen molar-refractivity contribution in [2.75, 3.05) is 20.6 Å². The first-order valence-corrected chi connectivity index (χ1v) is 7.04. The second-order valence-corrected chi connectivity index (χ2v) is 5.62. The summed E-state index contributed by atoms with van der Waals surface area (Å²) in [6, 6.07) is 1.51. The van der Waals surface area contributed by atoms with E-state index in [-0.39, 0.29) is 5.56 Å². The topological polar surface area (TPSA) is 66.6 Å². The number of likely N-dealkylation sites (tertiary alicyclic amines) is 1. The highest BCUT2D eigenvalue weighted by Gasteiger charge is 2.38. The van der Waals surface area contributed by atoms with Crippen LogP contribution in [0.5, 0.6) is 0 Å². The van der Waals surface area contributed by atoms with E-state index in [0.29, 0.717) is 19.4 Å². The van der Waals surface area contributed by atoms with E-state index in [0.717, 1.165) is 12.1 Å². The summed E-state index contributed by atoms with van der Waals surface area (Å²) in [6.07, 6.45) is 1.18. The van der Waals surface area contributed by atoms with E-state index in [1.54, 1.807) is 14.1 Å². The lowest BCUT2D eigenvalue weighted by Crippen LogP contribution is -2.48. The molecule has 22 heavy (non-hydrogen) atoms. The third-order valence-corrected chi connectivity index (χ3v) is 3.87. The Labute approximate surface area is 127 Å². The number of hydrogen-bond donors (Lipinski definition) is 1. The van der Waals surface area contributed by atoms with Crippen molar-refractivity contribution in [3.63, 3.8) is 0 Å². The number of nitrogens with two attached hydrogens (primary N) is 1. The molecule has 0 aliphatic carbocycles. The first kappa shape index (κ1) is 16.4. The van der Waals surface area contributed by atoms with Gasteiger partial charge in [0, 0.05) is 18.2 Å².